The highest BCUT2D eigenvalue weighted by Gasteiger charge is 2.53. The molecule has 0 unspecified atom stereocenters. The third-order valence-corrected chi connectivity index (χ3v) is 9.18. The molecule has 4 atom stereocenters. The quantitative estimate of drug-likeness (QED) is 0.0764. The Balaban J connectivity index is 1.27. The zero-order valence-electron chi connectivity index (χ0n) is 26.5. The lowest BCUT2D eigenvalue weighted by molar-refractivity contribution is -0.141. The maximum absolute atomic E-state index is 13.5. The van der Waals surface area contributed by atoms with Crippen LogP contribution < -0.4 is 34.5 Å². The van der Waals surface area contributed by atoms with Gasteiger partial charge in [-0.3, -0.25) is 14.8 Å². The maximum atomic E-state index is 13.5. The number of nitrogens with one attached hydrogen (secondary N) is 2. The van der Waals surface area contributed by atoms with Crippen LogP contribution in [0.2, 0.25) is 0 Å². The third-order valence-electron chi connectivity index (χ3n) is 9.18. The molecule has 0 spiro atoms. The van der Waals surface area contributed by atoms with Crippen LogP contribution in [-0.4, -0.2) is 56.4 Å². The summed E-state index contributed by atoms with van der Waals surface area (Å²) in [5, 5.41) is 23.0. The number of ether oxygens (including phenoxy) is 6. The van der Waals surface area contributed by atoms with Gasteiger partial charge in [0.05, 0.1) is 45.1 Å². The fourth-order valence-corrected chi connectivity index (χ4v) is 6.88. The number of aromatic hydroxyl groups is 1. The van der Waals surface area contributed by atoms with Crippen molar-refractivity contribution in [2.75, 3.05) is 39.5 Å². The van der Waals surface area contributed by atoms with Crippen molar-refractivity contribution in [2.45, 2.75) is 50.5 Å². The second kappa shape index (κ2) is 14.3. The Morgan fingerprint density at radius 1 is 0.894 bits per heavy atom. The molecule has 0 aromatic heterocycles. The van der Waals surface area contributed by atoms with Gasteiger partial charge in [-0.05, 0) is 65.9 Å². The van der Waals surface area contributed by atoms with Gasteiger partial charge in [0.2, 0.25) is 18.4 Å². The Bertz CT molecular complexity index is 1590. The molecule has 250 valence electrons. The zero-order chi connectivity index (χ0) is 32.9. The number of hydroxylamine groups is 1. The number of phenolic OH excluding ortho intramolecular Hbond substituents is 1. The molecule has 12 nitrogen and oxygen atoms in total. The molecule has 47 heavy (non-hydrogen) atoms. The molecule has 0 radical (unpaired) electrons. The second-order valence-electron chi connectivity index (χ2n) is 11.9. The summed E-state index contributed by atoms with van der Waals surface area (Å²) in [6.45, 7) is 0.850. The van der Waals surface area contributed by atoms with Gasteiger partial charge in [-0.2, -0.15) is 0 Å². The van der Waals surface area contributed by atoms with Crippen LogP contribution in [0.4, 0.5) is 5.69 Å². The Morgan fingerprint density at radius 2 is 1.57 bits per heavy atom. The average molecular weight is 649 g/mol. The second-order valence-corrected chi connectivity index (χ2v) is 11.9. The van der Waals surface area contributed by atoms with Crippen molar-refractivity contribution in [3.63, 3.8) is 0 Å². The Kier molecular flexibility index (Phi) is 9.76. The van der Waals surface area contributed by atoms with Crippen molar-refractivity contribution >= 4 is 17.6 Å². The lowest BCUT2D eigenvalue weighted by atomic mass is 9.65. The van der Waals surface area contributed by atoms with Crippen LogP contribution in [0.25, 0.3) is 0 Å². The number of hydrogen-bond acceptors (Lipinski definition) is 11. The predicted octanol–water partition coefficient (Wildman–Crippen LogP) is 5.45. The molecule has 1 amide bonds. The van der Waals surface area contributed by atoms with Crippen LogP contribution in [-0.2, 0) is 14.3 Å². The van der Waals surface area contributed by atoms with Crippen molar-refractivity contribution in [3.05, 3.63) is 65.2 Å². The minimum Gasteiger partial charge on any atom is -0.502 e. The highest BCUT2D eigenvalue weighted by atomic mass is 16.7. The fraction of sp³-hybridized carbons (Fsp3) is 0.429. The number of phenols is 1. The summed E-state index contributed by atoms with van der Waals surface area (Å²) >= 11 is 0. The largest absolute Gasteiger partial charge is 0.502 e. The third kappa shape index (κ3) is 6.55. The van der Waals surface area contributed by atoms with Crippen molar-refractivity contribution in [1.29, 1.82) is 0 Å². The minimum absolute atomic E-state index is 0.103. The van der Waals surface area contributed by atoms with E-state index < -0.39 is 11.8 Å². The summed E-state index contributed by atoms with van der Waals surface area (Å²) in [6, 6.07) is 14.8. The van der Waals surface area contributed by atoms with E-state index in [-0.39, 0.29) is 54.5 Å². The Hall–Kier alpha value is -4.84. The first-order chi connectivity index (χ1) is 22.9. The van der Waals surface area contributed by atoms with Crippen LogP contribution >= 0.6 is 0 Å². The predicted molar refractivity (Wildman–Crippen MR) is 169 cm³/mol. The maximum Gasteiger partial charge on any atom is 0.310 e. The first-order valence-corrected chi connectivity index (χ1v) is 15.9. The molecule has 12 heteroatoms. The van der Waals surface area contributed by atoms with Gasteiger partial charge in [-0.25, -0.2) is 5.48 Å². The van der Waals surface area contributed by atoms with Gasteiger partial charge >= 0.3 is 5.97 Å². The minimum atomic E-state index is -0.545. The van der Waals surface area contributed by atoms with E-state index in [9.17, 15) is 14.7 Å². The SMILES string of the molecule is COc1cc([C@@H]2c3cc4c(cc3[C@@H](Nc3ccccc3OCCCCCCCC(=O)NO)[C@H]3COC(=O)[C@H]23)OCO4)cc(OC)c1O. The normalized spacial score (nSPS) is 20.5. The molecule has 4 N–H and O–H groups in total. The van der Waals surface area contributed by atoms with Crippen LogP contribution in [0.5, 0.6) is 34.5 Å². The number of amides is 1. The number of cyclic esters (lactones) is 1. The van der Waals surface area contributed by atoms with E-state index in [2.05, 4.69) is 5.32 Å². The van der Waals surface area contributed by atoms with E-state index >= 15 is 0 Å². The highest BCUT2D eigenvalue weighted by Crippen LogP contribution is 2.56. The highest BCUT2D eigenvalue weighted by molar-refractivity contribution is 5.79. The topological polar surface area (TPSA) is 154 Å². The van der Waals surface area contributed by atoms with Gasteiger partial charge in [0, 0.05) is 18.3 Å². The number of unbranched alkanes of at least 4 members (excludes halogenated alkanes) is 4. The molecule has 2 aliphatic heterocycles. The van der Waals surface area contributed by atoms with E-state index in [1.807, 2.05) is 36.4 Å². The number of carbonyl (C=O) groups is 2. The average Bonchev–Trinajstić information content (AvgIpc) is 3.71. The number of methoxy groups -OCH3 is 2. The standard InChI is InChI=1S/C35H40N2O10/c1-42-28-14-20(15-29(43-2)34(28)39)31-21-16-26-27(47-19-46-26)17-22(21)33(23-18-45-35(40)32(23)31)36-24-10-7-8-11-25(24)44-13-9-5-3-4-6-12-30(38)37-41/h7-8,10-11,14-17,23,31-33,36,39,41H,3-6,9,12-13,18-19H2,1-2H3,(H,37,38)/t23-,31+,32-,33+/m0/s1. The molecular formula is C35H40N2O10. The van der Waals surface area contributed by atoms with E-state index in [4.69, 9.17) is 33.6 Å². The number of esters is 1. The number of benzene rings is 3. The van der Waals surface area contributed by atoms with Gasteiger partial charge < -0.3 is 38.8 Å². The summed E-state index contributed by atoms with van der Waals surface area (Å²) < 4.78 is 34.5. The van der Waals surface area contributed by atoms with Crippen LogP contribution in [0, 0.1) is 11.8 Å². The summed E-state index contributed by atoms with van der Waals surface area (Å²) in [5.74, 6) is 0.391. The lowest BCUT2D eigenvalue weighted by Gasteiger charge is -2.40. The number of fused-ring (bicyclic) bond motifs is 3. The van der Waals surface area contributed by atoms with Crippen LogP contribution in [0.15, 0.2) is 48.5 Å². The summed E-state index contributed by atoms with van der Waals surface area (Å²) in [6.07, 6.45) is 4.72. The Labute approximate surface area is 272 Å². The van der Waals surface area contributed by atoms with Gasteiger partial charge in [-0.15, -0.1) is 0 Å². The number of carbonyl (C=O) groups excluding carboxylic acids is 2. The van der Waals surface area contributed by atoms with Gasteiger partial charge in [0.15, 0.2) is 23.0 Å². The molecule has 1 saturated heterocycles. The first-order valence-electron chi connectivity index (χ1n) is 15.9. The summed E-state index contributed by atoms with van der Waals surface area (Å²) in [5.41, 5.74) is 5.01. The van der Waals surface area contributed by atoms with Crippen molar-refractivity contribution in [1.82, 2.24) is 5.48 Å². The van der Waals surface area contributed by atoms with Crippen LogP contribution in [0.1, 0.15) is 67.2 Å². The zero-order valence-corrected chi connectivity index (χ0v) is 26.5. The number of rotatable bonds is 14. The molecule has 3 aromatic rings. The van der Waals surface area contributed by atoms with Crippen molar-refractivity contribution in [2.24, 2.45) is 11.8 Å². The molecule has 1 aliphatic carbocycles. The molecular weight excluding hydrogens is 608 g/mol. The number of para-hydroxylation sites is 2. The molecule has 2 heterocycles. The summed E-state index contributed by atoms with van der Waals surface area (Å²) in [4.78, 5) is 24.7. The summed E-state index contributed by atoms with van der Waals surface area (Å²) in [7, 11) is 2.94. The molecule has 0 saturated carbocycles. The van der Waals surface area contributed by atoms with Gasteiger partial charge in [0.25, 0.3) is 0 Å². The monoisotopic (exact) mass is 648 g/mol. The first kappa shape index (κ1) is 32.1. The van der Waals surface area contributed by atoms with E-state index in [0.717, 1.165) is 54.5 Å². The smallest absolute Gasteiger partial charge is 0.310 e. The Morgan fingerprint density at radius 3 is 2.30 bits per heavy atom. The molecule has 0 bridgehead atoms. The number of anilines is 1. The van der Waals surface area contributed by atoms with E-state index in [0.29, 0.717) is 30.3 Å². The van der Waals surface area contributed by atoms with E-state index in [1.54, 1.807) is 17.6 Å². The number of hydrogen-bond donors (Lipinski definition) is 4. The van der Waals surface area contributed by atoms with Crippen LogP contribution in [0.3, 0.4) is 0 Å². The molecule has 1 fully saturated rings. The van der Waals surface area contributed by atoms with Gasteiger partial charge in [-0.1, -0.05) is 31.4 Å². The molecule has 6 rings (SSSR count). The van der Waals surface area contributed by atoms with Crippen molar-refractivity contribution in [3.8, 4) is 34.5 Å². The fourth-order valence-electron chi connectivity index (χ4n) is 6.88. The van der Waals surface area contributed by atoms with Crippen molar-refractivity contribution < 1.29 is 48.3 Å². The van der Waals surface area contributed by atoms with Gasteiger partial charge in [0.1, 0.15) is 5.75 Å². The lowest BCUT2D eigenvalue weighted by Crippen LogP contribution is -2.37. The molecule has 3 aromatic carbocycles. The molecule has 3 aliphatic rings. The van der Waals surface area contributed by atoms with E-state index in [1.165, 1.54) is 14.2 Å².